The van der Waals surface area contributed by atoms with E-state index in [-0.39, 0.29) is 30.1 Å². The van der Waals surface area contributed by atoms with Crippen molar-refractivity contribution in [1.82, 2.24) is 10.3 Å². The number of benzene rings is 4. The Balaban J connectivity index is 1.47. The molecule has 2 atom stereocenters. The van der Waals surface area contributed by atoms with Crippen molar-refractivity contribution in [3.63, 3.8) is 0 Å². The van der Waals surface area contributed by atoms with E-state index in [2.05, 4.69) is 41.5 Å². The first-order valence-corrected chi connectivity index (χ1v) is 12.8. The summed E-state index contributed by atoms with van der Waals surface area (Å²) in [5, 5.41) is 4.36. The summed E-state index contributed by atoms with van der Waals surface area (Å²) in [5.74, 6) is -0.659. The molecule has 4 heteroatoms. The van der Waals surface area contributed by atoms with E-state index in [4.69, 9.17) is 0 Å². The second-order valence-corrected chi connectivity index (χ2v) is 9.47. The Morgan fingerprint density at radius 2 is 1.57 bits per heavy atom. The molecule has 1 aromatic heterocycles. The summed E-state index contributed by atoms with van der Waals surface area (Å²) in [6, 6.07) is 32.9. The minimum Gasteiger partial charge on any atom is -0.361 e. The van der Waals surface area contributed by atoms with Crippen LogP contribution in [0.4, 0.5) is 4.39 Å². The maximum Gasteiger partial charge on any atom is 0.221 e. The summed E-state index contributed by atoms with van der Waals surface area (Å²) in [6.07, 6.45) is 3.78. The van der Waals surface area contributed by atoms with Crippen LogP contribution < -0.4 is 5.32 Å². The standard InChI is InChI=1S/C33H31FN2O/c1-2-24-15-10-18-28-30(22-35-33(24)28)29(26-16-9-17-27(34)20-26)21-32(37)36-31(25-13-7-4-8-14-25)19-23-11-5-3-6-12-23/h3-18,20,22,29,31,35H,2,19,21H2,1H3,(H,36,37). The van der Waals surface area contributed by atoms with Crippen molar-refractivity contribution in [1.29, 1.82) is 0 Å². The maximum absolute atomic E-state index is 14.3. The zero-order chi connectivity index (χ0) is 25.6. The van der Waals surface area contributed by atoms with Crippen LogP contribution in [-0.2, 0) is 17.6 Å². The first-order chi connectivity index (χ1) is 18.1. The van der Waals surface area contributed by atoms with Crippen molar-refractivity contribution in [3.05, 3.63) is 143 Å². The van der Waals surface area contributed by atoms with Gasteiger partial charge in [0.15, 0.2) is 0 Å². The fourth-order valence-electron chi connectivity index (χ4n) is 5.18. The van der Waals surface area contributed by atoms with Gasteiger partial charge in [0.25, 0.3) is 0 Å². The lowest BCUT2D eigenvalue weighted by atomic mass is 9.87. The van der Waals surface area contributed by atoms with E-state index in [1.807, 2.05) is 66.9 Å². The van der Waals surface area contributed by atoms with Crippen molar-refractivity contribution in [3.8, 4) is 0 Å². The van der Waals surface area contributed by atoms with Crippen LogP contribution in [0.3, 0.4) is 0 Å². The van der Waals surface area contributed by atoms with Gasteiger partial charge in [-0.05, 0) is 52.8 Å². The van der Waals surface area contributed by atoms with Crippen LogP contribution in [0.1, 0.15) is 53.1 Å². The van der Waals surface area contributed by atoms with E-state index in [9.17, 15) is 9.18 Å². The monoisotopic (exact) mass is 490 g/mol. The van der Waals surface area contributed by atoms with Gasteiger partial charge in [-0.2, -0.15) is 0 Å². The number of rotatable bonds is 9. The molecule has 2 N–H and O–H groups in total. The third kappa shape index (κ3) is 5.64. The predicted octanol–water partition coefficient (Wildman–Crippen LogP) is 7.49. The highest BCUT2D eigenvalue weighted by Gasteiger charge is 2.24. The highest BCUT2D eigenvalue weighted by Crippen LogP contribution is 2.35. The number of nitrogens with one attached hydrogen (secondary N) is 2. The fraction of sp³-hybridized carbons (Fsp3) is 0.182. The van der Waals surface area contributed by atoms with Crippen molar-refractivity contribution in [2.24, 2.45) is 0 Å². The largest absolute Gasteiger partial charge is 0.361 e. The quantitative estimate of drug-likeness (QED) is 0.221. The third-order valence-corrected chi connectivity index (χ3v) is 7.05. The molecule has 0 fully saturated rings. The van der Waals surface area contributed by atoms with E-state index < -0.39 is 0 Å². The molecule has 4 aromatic carbocycles. The summed E-state index contributed by atoms with van der Waals surface area (Å²) < 4.78 is 14.3. The van der Waals surface area contributed by atoms with Gasteiger partial charge in [-0.1, -0.05) is 97.9 Å². The second-order valence-electron chi connectivity index (χ2n) is 9.47. The number of halogens is 1. The van der Waals surface area contributed by atoms with Gasteiger partial charge in [0.05, 0.1) is 6.04 Å². The molecule has 1 amide bonds. The average molecular weight is 491 g/mol. The number of fused-ring (bicyclic) bond motifs is 1. The van der Waals surface area contributed by atoms with Gasteiger partial charge < -0.3 is 10.3 Å². The lowest BCUT2D eigenvalue weighted by molar-refractivity contribution is -0.122. The number of aryl methyl sites for hydroxylation is 1. The zero-order valence-corrected chi connectivity index (χ0v) is 21.0. The first kappa shape index (κ1) is 24.5. The molecule has 1 heterocycles. The van der Waals surface area contributed by atoms with E-state index in [1.165, 1.54) is 11.6 Å². The molecule has 186 valence electrons. The molecular weight excluding hydrogens is 459 g/mol. The molecule has 5 aromatic rings. The number of amides is 1. The number of para-hydroxylation sites is 1. The molecule has 0 aliphatic carbocycles. The fourth-order valence-corrected chi connectivity index (χ4v) is 5.18. The molecular formula is C33H31FN2O. The lowest BCUT2D eigenvalue weighted by Crippen LogP contribution is -2.31. The number of aromatic nitrogens is 1. The minimum atomic E-state index is -0.303. The van der Waals surface area contributed by atoms with Crippen LogP contribution in [0.25, 0.3) is 10.9 Å². The number of carbonyl (C=O) groups is 1. The highest BCUT2D eigenvalue weighted by atomic mass is 19.1. The minimum absolute atomic E-state index is 0.0694. The maximum atomic E-state index is 14.3. The first-order valence-electron chi connectivity index (χ1n) is 12.8. The van der Waals surface area contributed by atoms with Gasteiger partial charge >= 0.3 is 0 Å². The average Bonchev–Trinajstić information content (AvgIpc) is 3.36. The number of hydrogen-bond donors (Lipinski definition) is 2. The highest BCUT2D eigenvalue weighted by molar-refractivity contribution is 5.88. The van der Waals surface area contributed by atoms with Crippen LogP contribution in [0, 0.1) is 5.82 Å². The van der Waals surface area contributed by atoms with Gasteiger partial charge in [-0.15, -0.1) is 0 Å². The van der Waals surface area contributed by atoms with Crippen LogP contribution in [0.15, 0.2) is 109 Å². The van der Waals surface area contributed by atoms with Gasteiger partial charge in [0, 0.05) is 29.4 Å². The van der Waals surface area contributed by atoms with Crippen molar-refractivity contribution in [2.45, 2.75) is 38.1 Å². The molecule has 0 radical (unpaired) electrons. The van der Waals surface area contributed by atoms with Crippen molar-refractivity contribution < 1.29 is 9.18 Å². The molecule has 2 unspecified atom stereocenters. The predicted molar refractivity (Wildman–Crippen MR) is 148 cm³/mol. The molecule has 0 aliphatic rings. The third-order valence-electron chi connectivity index (χ3n) is 7.05. The number of carbonyl (C=O) groups excluding carboxylic acids is 1. The lowest BCUT2D eigenvalue weighted by Gasteiger charge is -2.22. The Bertz CT molecular complexity index is 1480. The van der Waals surface area contributed by atoms with Crippen LogP contribution in [-0.4, -0.2) is 10.9 Å². The Morgan fingerprint density at radius 1 is 0.865 bits per heavy atom. The number of H-pyrrole nitrogens is 1. The molecule has 0 bridgehead atoms. The van der Waals surface area contributed by atoms with E-state index >= 15 is 0 Å². The molecule has 0 saturated carbocycles. The topological polar surface area (TPSA) is 44.9 Å². The van der Waals surface area contributed by atoms with E-state index in [0.29, 0.717) is 6.42 Å². The van der Waals surface area contributed by atoms with Gasteiger partial charge in [0.2, 0.25) is 5.91 Å². The van der Waals surface area contributed by atoms with Gasteiger partial charge in [0.1, 0.15) is 5.82 Å². The summed E-state index contributed by atoms with van der Waals surface area (Å²) >= 11 is 0. The molecule has 0 aliphatic heterocycles. The smallest absolute Gasteiger partial charge is 0.221 e. The normalized spacial score (nSPS) is 12.8. The van der Waals surface area contributed by atoms with Crippen molar-refractivity contribution >= 4 is 16.8 Å². The molecule has 37 heavy (non-hydrogen) atoms. The molecule has 3 nitrogen and oxygen atoms in total. The number of aromatic amines is 1. The summed E-state index contributed by atoms with van der Waals surface area (Å²) in [4.78, 5) is 17.0. The van der Waals surface area contributed by atoms with Crippen LogP contribution in [0.5, 0.6) is 0 Å². The molecule has 0 spiro atoms. The van der Waals surface area contributed by atoms with Crippen LogP contribution in [0.2, 0.25) is 0 Å². The summed E-state index contributed by atoms with van der Waals surface area (Å²) in [6.45, 7) is 2.13. The summed E-state index contributed by atoms with van der Waals surface area (Å²) in [7, 11) is 0. The Kier molecular flexibility index (Phi) is 7.46. The Morgan fingerprint density at radius 3 is 2.30 bits per heavy atom. The van der Waals surface area contributed by atoms with E-state index in [1.54, 1.807) is 12.1 Å². The van der Waals surface area contributed by atoms with Crippen molar-refractivity contribution in [2.75, 3.05) is 0 Å². The SMILES string of the molecule is CCc1cccc2c(C(CC(=O)NC(Cc3ccccc3)c3ccccc3)c3cccc(F)c3)c[nH]c12. The Hall–Kier alpha value is -4.18. The second kappa shape index (κ2) is 11.3. The zero-order valence-electron chi connectivity index (χ0n) is 21.0. The van der Waals surface area contributed by atoms with Crippen LogP contribution >= 0.6 is 0 Å². The molecule has 5 rings (SSSR count). The van der Waals surface area contributed by atoms with E-state index in [0.717, 1.165) is 39.6 Å². The van der Waals surface area contributed by atoms with Gasteiger partial charge in [-0.3, -0.25) is 4.79 Å². The number of hydrogen-bond acceptors (Lipinski definition) is 1. The molecule has 0 saturated heterocycles. The van der Waals surface area contributed by atoms with Gasteiger partial charge in [-0.25, -0.2) is 4.39 Å². The summed E-state index contributed by atoms with van der Waals surface area (Å²) in [5.41, 5.74) is 6.30. The Labute approximate surface area is 217 Å².